The number of nitrogens with zero attached hydrogens (tertiary/aromatic N) is 2. The molecule has 2 aromatic carbocycles. The number of phenolic OH excluding ortho intramolecular Hbond substituents is 2. The van der Waals surface area contributed by atoms with Crippen molar-refractivity contribution in [3.05, 3.63) is 67.8 Å². The minimum absolute atomic E-state index is 0.129. The normalized spacial score (nSPS) is 11.0. The number of ether oxygens (including phenoxy) is 2. The van der Waals surface area contributed by atoms with Crippen molar-refractivity contribution in [2.45, 2.75) is 0 Å². The summed E-state index contributed by atoms with van der Waals surface area (Å²) in [6.07, 6.45) is 4.78. The highest BCUT2D eigenvalue weighted by Crippen LogP contribution is 2.38. The van der Waals surface area contributed by atoms with Crippen LogP contribution in [-0.4, -0.2) is 40.1 Å². The Morgan fingerprint density at radius 3 is 1.50 bits per heavy atom. The maximum absolute atomic E-state index is 12.1. The summed E-state index contributed by atoms with van der Waals surface area (Å²) in [7, 11) is 2.45. The molecule has 0 aromatic heterocycles. The minimum Gasteiger partial charge on any atom is -0.500 e. The van der Waals surface area contributed by atoms with Crippen LogP contribution < -0.4 is 9.47 Å². The van der Waals surface area contributed by atoms with Gasteiger partial charge in [0, 0.05) is 12.1 Å². The molecule has 11 nitrogen and oxygen atoms in total. The van der Waals surface area contributed by atoms with Crippen LogP contribution in [0.25, 0.3) is 12.2 Å². The van der Waals surface area contributed by atoms with Gasteiger partial charge in [0.25, 0.3) is 0 Å². The molecule has 2 aromatic rings. The van der Waals surface area contributed by atoms with E-state index in [1.807, 2.05) is 0 Å². The standard InChI is InChI=1S/C19H16N2O9/c1-29-16-9-11(7-14(18(16)23)20(25)26)3-5-13(22)6-4-12-8-15(21(27)28)19(24)17(10-12)30-2/h3-10,23-24H,1-2H3. The van der Waals surface area contributed by atoms with Crippen molar-refractivity contribution in [1.82, 2.24) is 0 Å². The predicted molar refractivity (Wildman–Crippen MR) is 106 cm³/mol. The van der Waals surface area contributed by atoms with Crippen LogP contribution in [0, 0.1) is 20.2 Å². The van der Waals surface area contributed by atoms with Crippen LogP contribution in [0.3, 0.4) is 0 Å². The van der Waals surface area contributed by atoms with Crippen molar-refractivity contribution < 1.29 is 34.3 Å². The molecular formula is C19H16N2O9. The van der Waals surface area contributed by atoms with E-state index in [-0.39, 0.29) is 22.6 Å². The predicted octanol–water partition coefficient (Wildman–Crippen LogP) is 3.23. The molecule has 0 saturated heterocycles. The number of nitro groups is 2. The molecule has 0 amide bonds. The van der Waals surface area contributed by atoms with Crippen LogP contribution in [0.15, 0.2) is 36.4 Å². The molecule has 0 atom stereocenters. The van der Waals surface area contributed by atoms with Crippen molar-refractivity contribution in [2.24, 2.45) is 0 Å². The number of ketones is 1. The number of rotatable bonds is 8. The summed E-state index contributed by atoms with van der Waals surface area (Å²) in [5.74, 6) is -2.05. The van der Waals surface area contributed by atoms with Crippen molar-refractivity contribution in [2.75, 3.05) is 14.2 Å². The minimum atomic E-state index is -0.790. The molecule has 0 saturated carbocycles. The number of methoxy groups -OCH3 is 2. The van der Waals surface area contributed by atoms with Crippen LogP contribution in [0.2, 0.25) is 0 Å². The van der Waals surface area contributed by atoms with Gasteiger partial charge in [-0.3, -0.25) is 25.0 Å². The molecule has 0 fully saturated rings. The maximum atomic E-state index is 12.1. The van der Waals surface area contributed by atoms with E-state index in [1.165, 1.54) is 38.5 Å². The van der Waals surface area contributed by atoms with Gasteiger partial charge in [-0.2, -0.15) is 0 Å². The van der Waals surface area contributed by atoms with E-state index in [0.717, 1.165) is 24.3 Å². The van der Waals surface area contributed by atoms with Gasteiger partial charge < -0.3 is 19.7 Å². The van der Waals surface area contributed by atoms with Gasteiger partial charge in [-0.25, -0.2) is 0 Å². The van der Waals surface area contributed by atoms with E-state index in [0.29, 0.717) is 0 Å². The third kappa shape index (κ3) is 4.90. The second-order valence-electron chi connectivity index (χ2n) is 5.77. The van der Waals surface area contributed by atoms with Crippen molar-refractivity contribution in [3.8, 4) is 23.0 Å². The summed E-state index contributed by atoms with van der Waals surface area (Å²) >= 11 is 0. The Bertz CT molecular complexity index is 991. The molecule has 0 spiro atoms. The first-order valence-electron chi connectivity index (χ1n) is 8.18. The fourth-order valence-electron chi connectivity index (χ4n) is 2.42. The zero-order valence-electron chi connectivity index (χ0n) is 15.8. The van der Waals surface area contributed by atoms with Crippen molar-refractivity contribution in [1.29, 1.82) is 0 Å². The number of carbonyl (C=O) groups excluding carboxylic acids is 1. The second kappa shape index (κ2) is 9.19. The number of allylic oxidation sites excluding steroid dienone is 2. The lowest BCUT2D eigenvalue weighted by Gasteiger charge is -2.05. The van der Waals surface area contributed by atoms with Crippen LogP contribution in [-0.2, 0) is 4.79 Å². The molecule has 2 rings (SSSR count). The molecule has 0 aliphatic heterocycles. The van der Waals surface area contributed by atoms with Gasteiger partial charge in [0.15, 0.2) is 17.3 Å². The number of hydrogen-bond acceptors (Lipinski definition) is 9. The molecule has 0 aliphatic rings. The van der Waals surface area contributed by atoms with Gasteiger partial charge in [0.2, 0.25) is 11.5 Å². The highest BCUT2D eigenvalue weighted by Gasteiger charge is 2.20. The largest absolute Gasteiger partial charge is 0.500 e. The monoisotopic (exact) mass is 416 g/mol. The average molecular weight is 416 g/mol. The Labute approximate surface area is 169 Å². The van der Waals surface area contributed by atoms with E-state index in [1.54, 1.807) is 0 Å². The summed E-state index contributed by atoms with van der Waals surface area (Å²) in [5.41, 5.74) is -0.693. The van der Waals surface area contributed by atoms with E-state index in [9.17, 15) is 35.2 Å². The van der Waals surface area contributed by atoms with Gasteiger partial charge >= 0.3 is 11.4 Å². The summed E-state index contributed by atoms with van der Waals surface area (Å²) in [6.45, 7) is 0. The average Bonchev–Trinajstić information content (AvgIpc) is 2.71. The Morgan fingerprint density at radius 1 is 0.833 bits per heavy atom. The third-order valence-corrected chi connectivity index (χ3v) is 3.87. The first-order valence-corrected chi connectivity index (χ1v) is 8.18. The van der Waals surface area contributed by atoms with E-state index >= 15 is 0 Å². The molecule has 0 unspecified atom stereocenters. The lowest BCUT2D eigenvalue weighted by Crippen LogP contribution is -1.94. The maximum Gasteiger partial charge on any atom is 0.315 e. The van der Waals surface area contributed by atoms with Crippen LogP contribution in [0.4, 0.5) is 11.4 Å². The lowest BCUT2D eigenvalue weighted by atomic mass is 10.1. The first kappa shape index (κ1) is 21.9. The summed E-state index contributed by atoms with van der Waals surface area (Å²) < 4.78 is 9.75. The van der Waals surface area contributed by atoms with Crippen LogP contribution >= 0.6 is 0 Å². The van der Waals surface area contributed by atoms with Crippen LogP contribution in [0.1, 0.15) is 11.1 Å². The quantitative estimate of drug-likeness (QED) is 0.373. The topological polar surface area (TPSA) is 162 Å². The Hall–Kier alpha value is -4.41. The number of hydrogen-bond donors (Lipinski definition) is 2. The fraction of sp³-hybridized carbons (Fsp3) is 0.105. The van der Waals surface area contributed by atoms with Gasteiger partial charge in [-0.1, -0.05) is 12.2 Å². The van der Waals surface area contributed by atoms with Gasteiger partial charge in [-0.15, -0.1) is 0 Å². The fourth-order valence-corrected chi connectivity index (χ4v) is 2.42. The summed E-state index contributed by atoms with van der Waals surface area (Å²) in [5, 5.41) is 41.5. The van der Waals surface area contributed by atoms with Crippen molar-refractivity contribution in [3.63, 3.8) is 0 Å². The number of carbonyl (C=O) groups is 1. The number of nitro benzene ring substituents is 2. The van der Waals surface area contributed by atoms with E-state index in [4.69, 9.17) is 9.47 Å². The number of benzene rings is 2. The van der Waals surface area contributed by atoms with Gasteiger partial charge in [-0.05, 0) is 35.4 Å². The second-order valence-corrected chi connectivity index (χ2v) is 5.77. The van der Waals surface area contributed by atoms with Crippen LogP contribution in [0.5, 0.6) is 23.0 Å². The zero-order chi connectivity index (χ0) is 22.4. The summed E-state index contributed by atoms with van der Waals surface area (Å²) in [6, 6.07) is 4.76. The Balaban J connectivity index is 2.28. The molecule has 156 valence electrons. The molecule has 2 N–H and O–H groups in total. The Morgan fingerprint density at radius 2 is 1.20 bits per heavy atom. The summed E-state index contributed by atoms with van der Waals surface area (Å²) in [4.78, 5) is 32.5. The molecular weight excluding hydrogens is 400 g/mol. The Kier molecular flexibility index (Phi) is 6.70. The van der Waals surface area contributed by atoms with Gasteiger partial charge in [0.1, 0.15) is 0 Å². The molecule has 0 bridgehead atoms. The molecule has 0 heterocycles. The highest BCUT2D eigenvalue weighted by atomic mass is 16.6. The van der Waals surface area contributed by atoms with E-state index in [2.05, 4.69) is 0 Å². The first-order chi connectivity index (χ1) is 14.2. The number of phenols is 2. The van der Waals surface area contributed by atoms with E-state index < -0.39 is 38.5 Å². The highest BCUT2D eigenvalue weighted by molar-refractivity contribution is 6.04. The molecule has 0 aliphatic carbocycles. The van der Waals surface area contributed by atoms with Gasteiger partial charge in [0.05, 0.1) is 24.1 Å². The lowest BCUT2D eigenvalue weighted by molar-refractivity contribution is -0.386. The molecule has 0 radical (unpaired) electrons. The zero-order valence-corrected chi connectivity index (χ0v) is 15.8. The SMILES string of the molecule is COc1cc(C=CC(=O)C=Cc2cc(OC)c(O)c([N+](=O)[O-])c2)cc([N+](=O)[O-])c1O. The molecule has 11 heteroatoms. The number of aromatic hydroxyl groups is 2. The van der Waals surface area contributed by atoms with Crippen molar-refractivity contribution >= 4 is 29.3 Å². The third-order valence-electron chi connectivity index (χ3n) is 3.87. The molecule has 30 heavy (non-hydrogen) atoms. The smallest absolute Gasteiger partial charge is 0.315 e.